The first-order valence-electron chi connectivity index (χ1n) is 23.3. The lowest BCUT2D eigenvalue weighted by atomic mass is 9.59. The van der Waals surface area contributed by atoms with Gasteiger partial charge in [0.05, 0.1) is 18.8 Å². The Morgan fingerprint density at radius 2 is 1.29 bits per heavy atom. The molecule has 1 unspecified atom stereocenters. The van der Waals surface area contributed by atoms with Gasteiger partial charge in [-0.25, -0.2) is 0 Å². The van der Waals surface area contributed by atoms with E-state index in [2.05, 4.69) is 183 Å². The maximum absolute atomic E-state index is 13.3. The highest BCUT2D eigenvalue weighted by Gasteiger charge is 2.72. The number of hydrogen-bond donors (Lipinski definition) is 1. The standard InChI is InChI=1S/C55H72O6Si2/c1-11-49-54(9,10)51-48(61-63(53(6,7)8,45-30-20-14-21-31-45)46-32-22-15-23-33-46)38-55(49,60-51)50(59-40(2)57)47-35-34-41(37-42(47)39-56)25-24-36-58-62(52(3,4)5,43-26-16-12-17-27-43)44-28-18-13-19-29-44/h11-23,26-33,41,48-51,56H,1,24-25,34-39H2,2-10H3/t41?,48-,49-,50-,51-,55-/m0/s1. The largest absolute Gasteiger partial charge is 0.455 e. The van der Waals surface area contributed by atoms with E-state index in [0.29, 0.717) is 25.4 Å². The highest BCUT2D eigenvalue weighted by molar-refractivity contribution is 7.00. The van der Waals surface area contributed by atoms with Crippen LogP contribution in [0.3, 0.4) is 0 Å². The van der Waals surface area contributed by atoms with Crippen molar-refractivity contribution in [3.63, 3.8) is 0 Å². The van der Waals surface area contributed by atoms with Crippen LogP contribution in [0.4, 0.5) is 0 Å². The third-order valence-electron chi connectivity index (χ3n) is 14.8. The van der Waals surface area contributed by atoms with E-state index >= 15 is 0 Å². The highest BCUT2D eigenvalue weighted by Crippen LogP contribution is 2.63. The van der Waals surface area contributed by atoms with Crippen molar-refractivity contribution in [1.29, 1.82) is 0 Å². The molecule has 0 radical (unpaired) electrons. The van der Waals surface area contributed by atoms with Crippen LogP contribution in [0.15, 0.2) is 145 Å². The maximum atomic E-state index is 13.3. The minimum Gasteiger partial charge on any atom is -0.455 e. The Balaban J connectivity index is 1.17. The summed E-state index contributed by atoms with van der Waals surface area (Å²) >= 11 is 0. The Bertz CT molecular complexity index is 2110. The van der Waals surface area contributed by atoms with Crippen molar-refractivity contribution >= 4 is 43.4 Å². The third-order valence-corrected chi connectivity index (χ3v) is 24.9. The number of rotatable bonds is 16. The van der Waals surface area contributed by atoms with E-state index < -0.39 is 28.3 Å². The van der Waals surface area contributed by atoms with Gasteiger partial charge in [-0.2, -0.15) is 0 Å². The number of esters is 1. The second-order valence-corrected chi connectivity index (χ2v) is 29.6. The number of aliphatic hydroxyl groups is 1. The van der Waals surface area contributed by atoms with Crippen molar-refractivity contribution in [3.05, 3.63) is 145 Å². The number of fused-ring (bicyclic) bond motifs is 2. The Hall–Kier alpha value is -3.90. The zero-order valence-electron chi connectivity index (χ0n) is 39.4. The quantitative estimate of drug-likeness (QED) is 0.0523. The zero-order valence-corrected chi connectivity index (χ0v) is 41.4. The van der Waals surface area contributed by atoms with Crippen LogP contribution in [0.2, 0.25) is 10.1 Å². The van der Waals surface area contributed by atoms with Gasteiger partial charge in [-0.1, -0.05) is 183 Å². The lowest BCUT2D eigenvalue weighted by Crippen LogP contribution is -2.69. The van der Waals surface area contributed by atoms with E-state index in [-0.39, 0.29) is 46.2 Å². The summed E-state index contributed by atoms with van der Waals surface area (Å²) in [5.74, 6) is -0.110. The summed E-state index contributed by atoms with van der Waals surface area (Å²) < 4.78 is 29.0. The Kier molecular flexibility index (Phi) is 13.9. The summed E-state index contributed by atoms with van der Waals surface area (Å²) in [5, 5.41) is 15.9. The molecule has 4 aromatic carbocycles. The molecule has 2 fully saturated rings. The van der Waals surface area contributed by atoms with Crippen molar-refractivity contribution < 1.29 is 28.2 Å². The van der Waals surface area contributed by atoms with E-state index in [9.17, 15) is 9.90 Å². The van der Waals surface area contributed by atoms with Gasteiger partial charge in [0.25, 0.3) is 16.6 Å². The van der Waals surface area contributed by atoms with Gasteiger partial charge in [0, 0.05) is 31.3 Å². The van der Waals surface area contributed by atoms with Crippen molar-refractivity contribution in [2.75, 3.05) is 13.2 Å². The molecule has 4 aromatic rings. The fourth-order valence-corrected chi connectivity index (χ4v) is 21.4. The normalized spacial score (nSPS) is 24.3. The molecule has 6 atom stereocenters. The molecule has 0 saturated carbocycles. The molecule has 0 amide bonds. The number of ether oxygens (including phenoxy) is 2. The fraction of sp³-hybridized carbons (Fsp3) is 0.473. The van der Waals surface area contributed by atoms with Crippen molar-refractivity contribution in [2.45, 2.75) is 135 Å². The van der Waals surface area contributed by atoms with E-state index in [1.807, 2.05) is 6.08 Å². The van der Waals surface area contributed by atoms with Crippen LogP contribution in [0.1, 0.15) is 101 Å². The van der Waals surface area contributed by atoms with Gasteiger partial charge < -0.3 is 23.4 Å². The molecule has 2 heterocycles. The third kappa shape index (κ3) is 8.57. The van der Waals surface area contributed by atoms with Crippen LogP contribution < -0.4 is 20.7 Å². The Labute approximate surface area is 380 Å². The first-order valence-corrected chi connectivity index (χ1v) is 27.1. The topological polar surface area (TPSA) is 74.2 Å². The average Bonchev–Trinajstić information content (AvgIpc) is 3.75. The van der Waals surface area contributed by atoms with Crippen LogP contribution in [0.5, 0.6) is 0 Å². The lowest BCUT2D eigenvalue weighted by molar-refractivity contribution is -0.161. The maximum Gasteiger partial charge on any atom is 0.303 e. The van der Waals surface area contributed by atoms with E-state index in [4.69, 9.17) is 18.3 Å². The van der Waals surface area contributed by atoms with E-state index in [1.165, 1.54) is 27.7 Å². The van der Waals surface area contributed by atoms with Gasteiger partial charge in [-0.05, 0) is 80.0 Å². The molecule has 7 rings (SSSR count). The van der Waals surface area contributed by atoms with Crippen LogP contribution in [0.25, 0.3) is 0 Å². The number of carbonyl (C=O) groups is 1. The van der Waals surface area contributed by atoms with E-state index in [1.54, 1.807) is 0 Å². The van der Waals surface area contributed by atoms with Crippen molar-refractivity contribution in [3.8, 4) is 0 Å². The highest BCUT2D eigenvalue weighted by atomic mass is 28.4. The number of hydrogen-bond acceptors (Lipinski definition) is 6. The predicted molar refractivity (Wildman–Crippen MR) is 262 cm³/mol. The summed E-state index contributed by atoms with van der Waals surface area (Å²) in [4.78, 5) is 13.3. The molecule has 0 spiro atoms. The molecule has 2 bridgehead atoms. The molecule has 8 heteroatoms. The Morgan fingerprint density at radius 3 is 1.71 bits per heavy atom. The van der Waals surface area contributed by atoms with Crippen molar-refractivity contribution in [1.82, 2.24) is 0 Å². The molecule has 0 aromatic heterocycles. The van der Waals surface area contributed by atoms with Crippen LogP contribution in [-0.2, 0) is 23.1 Å². The second-order valence-electron chi connectivity index (χ2n) is 21.1. The molecule has 63 heavy (non-hydrogen) atoms. The molecule has 2 saturated heterocycles. The van der Waals surface area contributed by atoms with Crippen molar-refractivity contribution in [2.24, 2.45) is 17.3 Å². The first kappa shape index (κ1) is 47.1. The number of aliphatic hydroxyl groups excluding tert-OH is 1. The predicted octanol–water partition coefficient (Wildman–Crippen LogP) is 9.68. The van der Waals surface area contributed by atoms with Crippen LogP contribution in [-0.4, -0.2) is 64.8 Å². The molecule has 2 aliphatic heterocycles. The average molecular weight is 885 g/mol. The molecule has 3 aliphatic rings. The molecule has 336 valence electrons. The monoisotopic (exact) mass is 884 g/mol. The lowest BCUT2D eigenvalue weighted by Gasteiger charge is -2.50. The van der Waals surface area contributed by atoms with Gasteiger partial charge >= 0.3 is 5.97 Å². The van der Waals surface area contributed by atoms with E-state index in [0.717, 1.165) is 36.8 Å². The zero-order chi connectivity index (χ0) is 45.3. The van der Waals surface area contributed by atoms with Gasteiger partial charge in [0.2, 0.25) is 0 Å². The summed E-state index contributed by atoms with van der Waals surface area (Å²) in [6, 6.07) is 43.2. The summed E-state index contributed by atoms with van der Waals surface area (Å²) in [7, 11) is -5.61. The van der Waals surface area contributed by atoms with Gasteiger partial charge in [-0.3, -0.25) is 4.79 Å². The van der Waals surface area contributed by atoms with Crippen LogP contribution in [0, 0.1) is 17.3 Å². The molecule has 1 aliphatic carbocycles. The first-order chi connectivity index (χ1) is 30.0. The van der Waals surface area contributed by atoms with Gasteiger partial charge in [-0.15, -0.1) is 6.58 Å². The summed E-state index contributed by atoms with van der Waals surface area (Å²) in [6.45, 7) is 24.8. The SMILES string of the molecule is C=C[C@H]1C(C)(C)[C@H]2O[C@@]1([C@@H](OC(C)=O)C1=C(CO)CC(CCCO[Si](c3ccccc3)(c3ccccc3)C(C)(C)C)CC1)C[C@@H]2O[Si](c1ccccc1)(c1ccccc1)C(C)(C)C. The molecular formula is C55H72O6Si2. The fourth-order valence-electron chi connectivity index (χ4n) is 12.1. The second kappa shape index (κ2) is 18.5. The molecule has 1 N–H and O–H groups in total. The minimum atomic E-state index is -2.97. The smallest absolute Gasteiger partial charge is 0.303 e. The van der Waals surface area contributed by atoms with Gasteiger partial charge in [0.1, 0.15) is 5.60 Å². The Morgan fingerprint density at radius 1 is 0.810 bits per heavy atom. The van der Waals surface area contributed by atoms with Crippen LogP contribution >= 0.6 is 0 Å². The minimum absolute atomic E-state index is 0.0869. The molecule has 6 nitrogen and oxygen atoms in total. The number of benzene rings is 4. The number of carbonyl (C=O) groups excluding carboxylic acids is 1. The summed E-state index contributed by atoms with van der Waals surface area (Å²) in [5.41, 5.74) is 0.673. The molecular weight excluding hydrogens is 813 g/mol. The summed E-state index contributed by atoms with van der Waals surface area (Å²) in [6.07, 6.45) is 5.62. The van der Waals surface area contributed by atoms with Gasteiger partial charge in [0.15, 0.2) is 6.10 Å².